The van der Waals surface area contributed by atoms with E-state index in [1.165, 1.54) is 19.2 Å². The Bertz CT molecular complexity index is 1280. The van der Waals surface area contributed by atoms with Gasteiger partial charge in [0, 0.05) is 10.0 Å². The average Bonchev–Trinajstić information content (AvgIpc) is 2.87. The molecule has 0 fully saturated rings. The van der Waals surface area contributed by atoms with E-state index in [1.807, 2.05) is 6.92 Å². The van der Waals surface area contributed by atoms with Crippen molar-refractivity contribution in [2.24, 2.45) is 0 Å². The van der Waals surface area contributed by atoms with E-state index < -0.39 is 28.5 Å². The number of ether oxygens (including phenoxy) is 3. The molecule has 0 bridgehead atoms. The maximum Gasteiger partial charge on any atom is 0.264 e. The number of amides is 1. The Morgan fingerprint density at radius 2 is 1.61 bits per heavy atom. The quantitative estimate of drug-likeness (QED) is 0.347. The fraction of sp³-hybridized carbons (Fsp3) is 0.269. The highest BCUT2D eigenvalue weighted by molar-refractivity contribution is 9.10. The SMILES string of the molecule is CCOc1ccc(N(CC(=O)N[C@@H](C)c2cc(OC)ccc2OC)S(=O)(=O)c2ccc(Br)cc2)cc1. The molecule has 0 saturated carbocycles. The highest BCUT2D eigenvalue weighted by Crippen LogP contribution is 2.30. The van der Waals surface area contributed by atoms with Gasteiger partial charge in [-0.1, -0.05) is 15.9 Å². The monoisotopic (exact) mass is 576 g/mol. The first kappa shape index (κ1) is 27.3. The molecule has 192 valence electrons. The van der Waals surface area contributed by atoms with Crippen LogP contribution in [0.4, 0.5) is 5.69 Å². The number of carbonyl (C=O) groups excluding carboxylic acids is 1. The second-order valence-corrected chi connectivity index (χ2v) is 10.6. The van der Waals surface area contributed by atoms with Gasteiger partial charge in [-0.2, -0.15) is 0 Å². The third-order valence-electron chi connectivity index (χ3n) is 5.41. The third kappa shape index (κ3) is 6.50. The van der Waals surface area contributed by atoms with E-state index in [4.69, 9.17) is 14.2 Å². The molecule has 0 unspecified atom stereocenters. The molecule has 3 aromatic rings. The molecule has 36 heavy (non-hydrogen) atoms. The van der Waals surface area contributed by atoms with E-state index in [1.54, 1.807) is 68.6 Å². The van der Waals surface area contributed by atoms with Crippen LogP contribution in [0, 0.1) is 0 Å². The average molecular weight is 577 g/mol. The molecule has 0 radical (unpaired) electrons. The minimum atomic E-state index is -4.05. The number of methoxy groups -OCH3 is 2. The number of nitrogens with zero attached hydrogens (tertiary/aromatic N) is 1. The van der Waals surface area contributed by atoms with Gasteiger partial charge in [0.15, 0.2) is 0 Å². The Morgan fingerprint density at radius 3 is 2.19 bits per heavy atom. The van der Waals surface area contributed by atoms with E-state index >= 15 is 0 Å². The number of benzene rings is 3. The smallest absolute Gasteiger partial charge is 0.264 e. The Hall–Kier alpha value is -3.24. The molecular formula is C26H29BrN2O6S. The molecule has 1 amide bonds. The molecule has 0 aliphatic carbocycles. The first-order chi connectivity index (χ1) is 17.2. The van der Waals surface area contributed by atoms with Gasteiger partial charge in [-0.25, -0.2) is 8.42 Å². The van der Waals surface area contributed by atoms with Gasteiger partial charge in [-0.05, 0) is 80.6 Å². The van der Waals surface area contributed by atoms with Crippen molar-refractivity contribution >= 4 is 37.5 Å². The van der Waals surface area contributed by atoms with Crippen LogP contribution < -0.4 is 23.8 Å². The molecule has 10 heteroatoms. The summed E-state index contributed by atoms with van der Waals surface area (Å²) < 4.78 is 45.2. The third-order valence-corrected chi connectivity index (χ3v) is 7.72. The van der Waals surface area contributed by atoms with Crippen molar-refractivity contribution in [3.8, 4) is 17.2 Å². The number of anilines is 1. The van der Waals surface area contributed by atoms with Gasteiger partial charge in [-0.15, -0.1) is 0 Å². The van der Waals surface area contributed by atoms with Crippen LogP contribution in [0.3, 0.4) is 0 Å². The first-order valence-electron chi connectivity index (χ1n) is 11.2. The summed E-state index contributed by atoms with van der Waals surface area (Å²) in [5, 5.41) is 2.87. The van der Waals surface area contributed by atoms with Crippen molar-refractivity contribution in [3.05, 3.63) is 76.8 Å². The number of carbonyl (C=O) groups is 1. The van der Waals surface area contributed by atoms with Crippen LogP contribution >= 0.6 is 15.9 Å². The Balaban J connectivity index is 1.91. The molecule has 0 aliphatic rings. The molecule has 1 N–H and O–H groups in total. The number of halogens is 1. The highest BCUT2D eigenvalue weighted by Gasteiger charge is 2.28. The zero-order valence-electron chi connectivity index (χ0n) is 20.5. The molecule has 0 aromatic heterocycles. The highest BCUT2D eigenvalue weighted by atomic mass is 79.9. The topological polar surface area (TPSA) is 94.2 Å². The van der Waals surface area contributed by atoms with Crippen LogP contribution in [0.25, 0.3) is 0 Å². The summed E-state index contributed by atoms with van der Waals surface area (Å²) in [7, 11) is -0.957. The lowest BCUT2D eigenvalue weighted by Crippen LogP contribution is -2.41. The van der Waals surface area contributed by atoms with Gasteiger partial charge in [0.2, 0.25) is 5.91 Å². The summed E-state index contributed by atoms with van der Waals surface area (Å²) in [5.41, 5.74) is 1.04. The van der Waals surface area contributed by atoms with Crippen LogP contribution in [0.15, 0.2) is 76.1 Å². The summed E-state index contributed by atoms with van der Waals surface area (Å²) in [4.78, 5) is 13.2. The second kappa shape index (κ2) is 12.1. The largest absolute Gasteiger partial charge is 0.497 e. The van der Waals surface area contributed by atoms with Crippen LogP contribution in [-0.2, 0) is 14.8 Å². The van der Waals surface area contributed by atoms with Crippen molar-refractivity contribution in [3.63, 3.8) is 0 Å². The molecule has 0 heterocycles. The van der Waals surface area contributed by atoms with Crippen molar-refractivity contribution in [1.82, 2.24) is 5.32 Å². The minimum absolute atomic E-state index is 0.0647. The van der Waals surface area contributed by atoms with Crippen molar-refractivity contribution in [1.29, 1.82) is 0 Å². The summed E-state index contributed by atoms with van der Waals surface area (Å²) >= 11 is 3.32. The first-order valence-corrected chi connectivity index (χ1v) is 13.4. The Labute approximate surface area is 220 Å². The van der Waals surface area contributed by atoms with Crippen LogP contribution in [0.2, 0.25) is 0 Å². The van der Waals surface area contributed by atoms with Crippen LogP contribution in [0.5, 0.6) is 17.2 Å². The molecular weight excluding hydrogens is 548 g/mol. The van der Waals surface area contributed by atoms with E-state index in [0.29, 0.717) is 35.1 Å². The van der Waals surface area contributed by atoms with Gasteiger partial charge in [-0.3, -0.25) is 9.10 Å². The normalized spacial score (nSPS) is 11.9. The summed E-state index contributed by atoms with van der Waals surface area (Å²) in [5.74, 6) is 1.31. The van der Waals surface area contributed by atoms with E-state index in [-0.39, 0.29) is 4.90 Å². The molecule has 1 atom stereocenters. The van der Waals surface area contributed by atoms with Gasteiger partial charge in [0.1, 0.15) is 23.8 Å². The fourth-order valence-corrected chi connectivity index (χ4v) is 5.28. The van der Waals surface area contributed by atoms with Gasteiger partial charge in [0.25, 0.3) is 10.0 Å². The van der Waals surface area contributed by atoms with Gasteiger partial charge >= 0.3 is 0 Å². The number of nitrogens with one attached hydrogen (secondary N) is 1. The van der Waals surface area contributed by atoms with Gasteiger partial charge < -0.3 is 19.5 Å². The maximum absolute atomic E-state index is 13.6. The molecule has 3 aromatic carbocycles. The second-order valence-electron chi connectivity index (χ2n) is 7.79. The predicted octanol–water partition coefficient (Wildman–Crippen LogP) is 4.94. The number of hydrogen-bond donors (Lipinski definition) is 1. The Morgan fingerprint density at radius 1 is 0.972 bits per heavy atom. The van der Waals surface area contributed by atoms with Gasteiger partial charge in [0.05, 0.1) is 37.5 Å². The molecule has 8 nitrogen and oxygen atoms in total. The Kier molecular flexibility index (Phi) is 9.22. The van der Waals surface area contributed by atoms with E-state index in [9.17, 15) is 13.2 Å². The summed E-state index contributed by atoms with van der Waals surface area (Å²) in [6, 6.07) is 17.6. The standard InChI is InChI=1S/C26H29BrN2O6S/c1-5-35-21-10-8-20(9-11-21)29(36(31,32)23-13-6-19(27)7-14-23)17-26(30)28-18(2)24-16-22(33-3)12-15-25(24)34-4/h6-16,18H,5,17H2,1-4H3,(H,28,30)/t18-/m0/s1. The summed E-state index contributed by atoms with van der Waals surface area (Å²) in [6.07, 6.45) is 0. The minimum Gasteiger partial charge on any atom is -0.497 e. The molecule has 0 aliphatic heterocycles. The van der Waals surface area contributed by atoms with Crippen molar-refractivity contribution in [2.45, 2.75) is 24.8 Å². The number of hydrogen-bond acceptors (Lipinski definition) is 6. The zero-order valence-corrected chi connectivity index (χ0v) is 22.9. The lowest BCUT2D eigenvalue weighted by atomic mass is 10.1. The lowest BCUT2D eigenvalue weighted by Gasteiger charge is -2.25. The predicted molar refractivity (Wildman–Crippen MR) is 142 cm³/mol. The lowest BCUT2D eigenvalue weighted by molar-refractivity contribution is -0.120. The maximum atomic E-state index is 13.6. The van der Waals surface area contributed by atoms with E-state index in [0.717, 1.165) is 8.78 Å². The zero-order chi connectivity index (χ0) is 26.3. The van der Waals surface area contributed by atoms with Crippen molar-refractivity contribution in [2.75, 3.05) is 31.7 Å². The van der Waals surface area contributed by atoms with Crippen LogP contribution in [0.1, 0.15) is 25.5 Å². The van der Waals surface area contributed by atoms with Crippen LogP contribution in [-0.4, -0.2) is 41.7 Å². The molecule has 0 spiro atoms. The number of sulfonamides is 1. The van der Waals surface area contributed by atoms with Crippen molar-refractivity contribution < 1.29 is 27.4 Å². The summed E-state index contributed by atoms with van der Waals surface area (Å²) in [6.45, 7) is 3.71. The molecule has 0 saturated heterocycles. The fourth-order valence-electron chi connectivity index (χ4n) is 3.60. The molecule has 3 rings (SSSR count). The number of rotatable bonds is 11. The van der Waals surface area contributed by atoms with E-state index in [2.05, 4.69) is 21.2 Å².